The molecule has 0 heterocycles. The van der Waals surface area contributed by atoms with Gasteiger partial charge in [-0.2, -0.15) is 0 Å². The maximum Gasteiger partial charge on any atom is 0.130 e. The third-order valence-electron chi connectivity index (χ3n) is 3.03. The minimum absolute atomic E-state index is 0.312. The van der Waals surface area contributed by atoms with E-state index in [1.54, 1.807) is 6.92 Å². The summed E-state index contributed by atoms with van der Waals surface area (Å²) < 4.78 is 0. The minimum atomic E-state index is 0.312. The van der Waals surface area contributed by atoms with E-state index in [9.17, 15) is 4.79 Å². The molecule has 1 aromatic carbocycles. The van der Waals surface area contributed by atoms with E-state index < -0.39 is 0 Å². The zero-order valence-corrected chi connectivity index (χ0v) is 8.62. The number of ketones is 1. The predicted octanol–water partition coefficient (Wildman–Crippen LogP) is 3.09. The molecular formula is C13H16O. The fourth-order valence-electron chi connectivity index (χ4n) is 2.41. The van der Waals surface area contributed by atoms with Gasteiger partial charge in [0.2, 0.25) is 0 Å². The van der Waals surface area contributed by atoms with Crippen molar-refractivity contribution >= 4 is 5.78 Å². The van der Waals surface area contributed by atoms with Gasteiger partial charge >= 0.3 is 0 Å². The summed E-state index contributed by atoms with van der Waals surface area (Å²) >= 11 is 0. The predicted molar refractivity (Wildman–Crippen MR) is 57.4 cm³/mol. The summed E-state index contributed by atoms with van der Waals surface area (Å²) in [6.07, 6.45) is 4.31. The lowest BCUT2D eigenvalue weighted by Crippen LogP contribution is -2.12. The van der Waals surface area contributed by atoms with Crippen LogP contribution in [0, 0.1) is 0 Å². The molecule has 1 aliphatic rings. The average molecular weight is 188 g/mol. The quantitative estimate of drug-likeness (QED) is 0.697. The van der Waals surface area contributed by atoms with Gasteiger partial charge in [-0.3, -0.25) is 0 Å². The van der Waals surface area contributed by atoms with Crippen LogP contribution in [-0.2, 0) is 11.2 Å². The highest BCUT2D eigenvalue weighted by molar-refractivity contribution is 5.76. The summed E-state index contributed by atoms with van der Waals surface area (Å²) in [5, 5.41) is 0. The zero-order chi connectivity index (χ0) is 9.97. The first kappa shape index (κ1) is 9.45. The lowest BCUT2D eigenvalue weighted by molar-refractivity contribution is -0.117. The Bertz CT molecular complexity index is 341. The zero-order valence-electron chi connectivity index (χ0n) is 8.62. The molecule has 0 saturated carbocycles. The Morgan fingerprint density at radius 3 is 3.00 bits per heavy atom. The highest BCUT2D eigenvalue weighted by Crippen LogP contribution is 2.33. The van der Waals surface area contributed by atoms with Gasteiger partial charge in [0.15, 0.2) is 0 Å². The molecule has 0 amide bonds. The van der Waals surface area contributed by atoms with Crippen LogP contribution in [0.3, 0.4) is 0 Å². The van der Waals surface area contributed by atoms with Crippen LogP contribution in [-0.4, -0.2) is 5.78 Å². The molecule has 0 fully saturated rings. The van der Waals surface area contributed by atoms with Crippen molar-refractivity contribution in [3.8, 4) is 0 Å². The fourth-order valence-corrected chi connectivity index (χ4v) is 2.41. The molecule has 0 bridgehead atoms. The first-order valence-corrected chi connectivity index (χ1v) is 5.34. The van der Waals surface area contributed by atoms with Gasteiger partial charge in [-0.25, -0.2) is 0 Å². The lowest BCUT2D eigenvalue weighted by Gasteiger charge is -2.24. The van der Waals surface area contributed by atoms with Crippen molar-refractivity contribution in [2.45, 2.75) is 38.5 Å². The Morgan fingerprint density at radius 2 is 2.21 bits per heavy atom. The SMILES string of the molecule is CC(=O)C[C@H]1CCCc2ccccc21. The van der Waals surface area contributed by atoms with Gasteiger partial charge in [-0.05, 0) is 43.2 Å². The molecular weight excluding hydrogens is 172 g/mol. The topological polar surface area (TPSA) is 17.1 Å². The maximum absolute atomic E-state index is 11.1. The van der Waals surface area contributed by atoms with Crippen LogP contribution in [0.25, 0.3) is 0 Å². The van der Waals surface area contributed by atoms with E-state index in [2.05, 4.69) is 24.3 Å². The van der Waals surface area contributed by atoms with Crippen LogP contribution in [0.2, 0.25) is 0 Å². The van der Waals surface area contributed by atoms with E-state index in [-0.39, 0.29) is 0 Å². The minimum Gasteiger partial charge on any atom is -0.300 e. The molecule has 1 aromatic rings. The molecule has 0 aliphatic heterocycles. The number of benzene rings is 1. The number of Topliss-reactive ketones (excluding diaryl/α,β-unsaturated/α-hetero) is 1. The van der Waals surface area contributed by atoms with Gasteiger partial charge < -0.3 is 4.79 Å². The van der Waals surface area contributed by atoms with E-state index >= 15 is 0 Å². The van der Waals surface area contributed by atoms with Crippen molar-refractivity contribution < 1.29 is 4.79 Å². The molecule has 14 heavy (non-hydrogen) atoms. The summed E-state index contributed by atoms with van der Waals surface area (Å²) in [6.45, 7) is 1.69. The molecule has 0 N–H and O–H groups in total. The van der Waals surface area contributed by atoms with Crippen molar-refractivity contribution in [2.75, 3.05) is 0 Å². The summed E-state index contributed by atoms with van der Waals surface area (Å²) in [5.74, 6) is 0.796. The van der Waals surface area contributed by atoms with Gasteiger partial charge in [-0.1, -0.05) is 24.3 Å². The average Bonchev–Trinajstić information content (AvgIpc) is 2.18. The largest absolute Gasteiger partial charge is 0.300 e. The lowest BCUT2D eigenvalue weighted by atomic mass is 9.80. The van der Waals surface area contributed by atoms with E-state index in [0.717, 1.165) is 6.42 Å². The molecule has 1 nitrogen and oxygen atoms in total. The van der Waals surface area contributed by atoms with Gasteiger partial charge in [-0.15, -0.1) is 0 Å². The van der Waals surface area contributed by atoms with Crippen LogP contribution in [0.1, 0.15) is 43.2 Å². The second-order valence-electron chi connectivity index (χ2n) is 4.19. The van der Waals surface area contributed by atoms with Gasteiger partial charge in [0.25, 0.3) is 0 Å². The molecule has 0 aromatic heterocycles. The summed E-state index contributed by atoms with van der Waals surface area (Å²) in [5.41, 5.74) is 2.86. The maximum atomic E-state index is 11.1. The molecule has 1 heteroatoms. The van der Waals surface area contributed by atoms with Crippen LogP contribution in [0.4, 0.5) is 0 Å². The molecule has 0 saturated heterocycles. The number of rotatable bonds is 2. The number of hydrogen-bond acceptors (Lipinski definition) is 1. The molecule has 2 rings (SSSR count). The smallest absolute Gasteiger partial charge is 0.130 e. The standard InChI is InChI=1S/C13H16O/c1-10(14)9-12-7-4-6-11-5-2-3-8-13(11)12/h2-3,5,8,12H,4,6-7,9H2,1H3/t12-/m1/s1. The molecule has 1 atom stereocenters. The first-order valence-electron chi connectivity index (χ1n) is 5.34. The number of aryl methyl sites for hydroxylation is 1. The number of hydrogen-bond donors (Lipinski definition) is 0. The third kappa shape index (κ3) is 1.87. The highest BCUT2D eigenvalue weighted by atomic mass is 16.1. The highest BCUT2D eigenvalue weighted by Gasteiger charge is 2.20. The first-order chi connectivity index (χ1) is 6.77. The normalized spacial score (nSPS) is 20.2. The third-order valence-corrected chi connectivity index (χ3v) is 3.03. The summed E-state index contributed by atoms with van der Waals surface area (Å²) in [4.78, 5) is 11.1. The van der Waals surface area contributed by atoms with Crippen LogP contribution < -0.4 is 0 Å². The second-order valence-corrected chi connectivity index (χ2v) is 4.19. The Balaban J connectivity index is 2.26. The number of fused-ring (bicyclic) bond motifs is 1. The Morgan fingerprint density at radius 1 is 1.43 bits per heavy atom. The monoisotopic (exact) mass is 188 g/mol. The molecule has 0 spiro atoms. The molecule has 0 unspecified atom stereocenters. The van der Waals surface area contributed by atoms with Gasteiger partial charge in [0.05, 0.1) is 0 Å². The number of carbonyl (C=O) groups is 1. The molecule has 74 valence electrons. The van der Waals surface area contributed by atoms with Gasteiger partial charge in [0, 0.05) is 6.42 Å². The fraction of sp³-hybridized carbons (Fsp3) is 0.462. The van der Waals surface area contributed by atoms with Crippen LogP contribution >= 0.6 is 0 Å². The Labute approximate surface area is 85.1 Å². The van der Waals surface area contributed by atoms with Crippen molar-refractivity contribution in [2.24, 2.45) is 0 Å². The van der Waals surface area contributed by atoms with Crippen LogP contribution in [0.5, 0.6) is 0 Å². The summed E-state index contributed by atoms with van der Waals surface area (Å²) in [6, 6.07) is 8.55. The van der Waals surface area contributed by atoms with Crippen LogP contribution in [0.15, 0.2) is 24.3 Å². The van der Waals surface area contributed by atoms with E-state index in [1.165, 1.54) is 30.4 Å². The number of carbonyl (C=O) groups excluding carboxylic acids is 1. The summed E-state index contributed by atoms with van der Waals surface area (Å²) in [7, 11) is 0. The Hall–Kier alpha value is -1.11. The van der Waals surface area contributed by atoms with Gasteiger partial charge in [0.1, 0.15) is 5.78 Å². The van der Waals surface area contributed by atoms with Crippen molar-refractivity contribution in [1.29, 1.82) is 0 Å². The van der Waals surface area contributed by atoms with E-state index in [0.29, 0.717) is 11.7 Å². The van der Waals surface area contributed by atoms with E-state index in [4.69, 9.17) is 0 Å². The van der Waals surface area contributed by atoms with E-state index in [1.807, 2.05) is 0 Å². The molecule has 0 radical (unpaired) electrons. The van der Waals surface area contributed by atoms with Crippen molar-refractivity contribution in [3.63, 3.8) is 0 Å². The van der Waals surface area contributed by atoms with Crippen molar-refractivity contribution in [3.05, 3.63) is 35.4 Å². The van der Waals surface area contributed by atoms with Crippen molar-refractivity contribution in [1.82, 2.24) is 0 Å². The second kappa shape index (κ2) is 3.95. The molecule has 1 aliphatic carbocycles. The Kier molecular flexibility index (Phi) is 2.67.